The number of carbonyl (C=O) groups is 4. The molecule has 4 aromatic rings. The fourth-order valence-electron chi connectivity index (χ4n) is 11.8. The van der Waals surface area contributed by atoms with Crippen LogP contribution in [0.4, 0.5) is 9.59 Å². The summed E-state index contributed by atoms with van der Waals surface area (Å²) >= 11 is 0. The third-order valence-electron chi connectivity index (χ3n) is 14.9. The Balaban J connectivity index is 1.11. The number of aromatic amines is 2. The van der Waals surface area contributed by atoms with Crippen LogP contribution in [0.2, 0.25) is 0 Å². The van der Waals surface area contributed by atoms with Gasteiger partial charge in [0, 0.05) is 29.6 Å². The Morgan fingerprint density at radius 3 is 1.36 bits per heavy atom. The summed E-state index contributed by atoms with van der Waals surface area (Å²) in [5, 5.41) is 5.47. The predicted molar refractivity (Wildman–Crippen MR) is 253 cm³/mol. The molecule has 4 N–H and O–H groups in total. The molecule has 0 unspecified atom stereocenters. The lowest BCUT2D eigenvalue weighted by Crippen LogP contribution is -2.51. The molecular weight excluding hydrogens is 853 g/mol. The van der Waals surface area contributed by atoms with Gasteiger partial charge in [0.05, 0.1) is 64.3 Å². The molecule has 0 saturated carbocycles. The molecule has 0 bridgehead atoms. The number of fused-ring (bicyclic) bond motifs is 4. The topological polar surface area (TPSA) is 193 Å². The molecule has 2 fully saturated rings. The zero-order valence-electron chi connectivity index (χ0n) is 41.1. The van der Waals surface area contributed by atoms with Crippen molar-refractivity contribution in [3.05, 3.63) is 70.6 Å². The summed E-state index contributed by atoms with van der Waals surface area (Å²) in [6.07, 6.45) is 7.29. The van der Waals surface area contributed by atoms with E-state index >= 15 is 0 Å². The molecule has 8 rings (SSSR count). The quantitative estimate of drug-likeness (QED) is 0.108. The lowest BCUT2D eigenvalue weighted by molar-refractivity contribution is -0.136. The summed E-state index contributed by atoms with van der Waals surface area (Å²) in [6.45, 7) is 18.0. The van der Waals surface area contributed by atoms with E-state index in [1.807, 2.05) is 49.9 Å². The number of likely N-dealkylation sites (tertiary alicyclic amines) is 2. The fourth-order valence-corrected chi connectivity index (χ4v) is 11.8. The Kier molecular flexibility index (Phi) is 12.7. The number of benzene rings is 2. The number of H-pyrrole nitrogens is 2. The molecule has 1 spiro atoms. The lowest BCUT2D eigenvalue weighted by Gasteiger charge is -2.31. The van der Waals surface area contributed by atoms with E-state index in [1.54, 1.807) is 14.2 Å². The summed E-state index contributed by atoms with van der Waals surface area (Å²) in [7, 11) is 6.00. The van der Waals surface area contributed by atoms with Crippen LogP contribution in [0.3, 0.4) is 0 Å². The molecule has 67 heavy (non-hydrogen) atoms. The van der Waals surface area contributed by atoms with Crippen molar-refractivity contribution >= 4 is 24.0 Å². The van der Waals surface area contributed by atoms with Gasteiger partial charge in [-0.25, -0.2) is 19.6 Å². The van der Waals surface area contributed by atoms with E-state index in [2.05, 4.69) is 72.6 Å². The van der Waals surface area contributed by atoms with Gasteiger partial charge in [0.15, 0.2) is 0 Å². The first-order valence-electron chi connectivity index (χ1n) is 23.7. The maximum Gasteiger partial charge on any atom is 0.407 e. The van der Waals surface area contributed by atoms with Crippen LogP contribution < -0.4 is 20.1 Å². The van der Waals surface area contributed by atoms with Crippen molar-refractivity contribution in [2.45, 2.75) is 134 Å². The van der Waals surface area contributed by atoms with Gasteiger partial charge in [-0.1, -0.05) is 55.4 Å². The highest BCUT2D eigenvalue weighted by Gasteiger charge is 2.57. The molecule has 2 aliphatic carbocycles. The van der Waals surface area contributed by atoms with Crippen molar-refractivity contribution in [3.63, 3.8) is 0 Å². The van der Waals surface area contributed by atoms with Gasteiger partial charge in [0.2, 0.25) is 11.8 Å². The number of hydrogen-bond acceptors (Lipinski definition) is 10. The zero-order valence-corrected chi connectivity index (χ0v) is 41.1. The minimum atomic E-state index is -0.723. The van der Waals surface area contributed by atoms with Crippen LogP contribution in [0.1, 0.15) is 140 Å². The van der Waals surface area contributed by atoms with Crippen molar-refractivity contribution in [2.75, 3.05) is 41.5 Å². The Hall–Kier alpha value is -6.06. The normalized spacial score (nSPS) is 20.7. The minimum Gasteiger partial charge on any atom is -0.496 e. The number of aromatic nitrogens is 4. The molecule has 16 nitrogen and oxygen atoms in total. The number of carbonyl (C=O) groups excluding carboxylic acids is 4. The van der Waals surface area contributed by atoms with Gasteiger partial charge in [0.25, 0.3) is 0 Å². The van der Waals surface area contributed by atoms with Crippen LogP contribution in [0.25, 0.3) is 22.5 Å². The van der Waals surface area contributed by atoms with E-state index in [0.717, 1.165) is 72.5 Å². The maximum atomic E-state index is 13.9. The number of rotatable bonds is 12. The van der Waals surface area contributed by atoms with Gasteiger partial charge < -0.3 is 49.3 Å². The van der Waals surface area contributed by atoms with Crippen LogP contribution in [0, 0.1) is 11.8 Å². The van der Waals surface area contributed by atoms with Crippen LogP contribution in [-0.2, 0) is 35.3 Å². The number of methoxy groups -OCH3 is 4. The first-order chi connectivity index (χ1) is 31.8. The molecule has 0 radical (unpaired) electrons. The van der Waals surface area contributed by atoms with Crippen molar-refractivity contribution < 1.29 is 38.1 Å². The minimum absolute atomic E-state index is 0.135. The van der Waals surface area contributed by atoms with E-state index in [9.17, 15) is 19.2 Å². The first-order valence-corrected chi connectivity index (χ1v) is 23.7. The second-order valence-electron chi connectivity index (χ2n) is 20.9. The highest BCUT2D eigenvalue weighted by molar-refractivity contribution is 5.87. The summed E-state index contributed by atoms with van der Waals surface area (Å²) in [4.78, 5) is 72.6. The number of amides is 4. The van der Waals surface area contributed by atoms with Crippen molar-refractivity contribution in [2.24, 2.45) is 11.8 Å². The molecule has 2 saturated heterocycles. The van der Waals surface area contributed by atoms with Gasteiger partial charge >= 0.3 is 12.2 Å². The Morgan fingerprint density at radius 2 is 1.01 bits per heavy atom. The molecular formula is C51H68N8O8. The van der Waals surface area contributed by atoms with Crippen LogP contribution in [0.5, 0.6) is 11.5 Å². The Labute approximate surface area is 393 Å². The van der Waals surface area contributed by atoms with E-state index in [1.165, 1.54) is 36.5 Å². The molecule has 4 aliphatic rings. The van der Waals surface area contributed by atoms with Gasteiger partial charge in [-0.3, -0.25) is 9.59 Å². The molecule has 360 valence electrons. The number of nitrogens with one attached hydrogen (secondary N) is 4. The maximum absolute atomic E-state index is 13.9. The van der Waals surface area contributed by atoms with Crippen LogP contribution in [0.15, 0.2) is 36.7 Å². The van der Waals surface area contributed by atoms with E-state index < -0.39 is 24.3 Å². The molecule has 2 aliphatic heterocycles. The largest absolute Gasteiger partial charge is 0.496 e. The summed E-state index contributed by atoms with van der Waals surface area (Å²) in [6, 6.07) is 6.99. The van der Waals surface area contributed by atoms with E-state index in [4.69, 9.17) is 28.9 Å². The van der Waals surface area contributed by atoms with Gasteiger partial charge in [0.1, 0.15) is 35.2 Å². The SMILES string of the molecule is COC(=O)N[C@H](C(=O)N1CCC[C@H]1c1ncc(-c2cc3c(cc2OC)C2(CC3(C)C)CC(C)(C)c3cc(-c4cnc([C@@H]5CCCN5C(=O)[C@@H](NC(=O)OC)C(C)C)[nH]4)c(OC)cc32)[nH]1)C(C)C. The molecule has 4 atom stereocenters. The van der Waals surface area contributed by atoms with E-state index in [-0.39, 0.29) is 52.0 Å². The van der Waals surface area contributed by atoms with Crippen LogP contribution >= 0.6 is 0 Å². The molecule has 2 aromatic carbocycles. The van der Waals surface area contributed by atoms with Crippen molar-refractivity contribution in [1.82, 2.24) is 40.4 Å². The number of ether oxygens (including phenoxy) is 4. The van der Waals surface area contributed by atoms with Gasteiger partial charge in [-0.05, 0) is 108 Å². The standard InChI is InChI=1S/C51H68N8O8/c1-27(2)41(56-47(62)66-11)45(60)58-17-13-15-37(58)43-52-23-35(54-43)29-19-31-33(21-39(29)64-9)51(25-49(31,5)6)26-50(7,8)32-20-30(40(65-10)22-34(32)51)36-24-53-44(55-36)38-16-14-18-59(38)46(61)42(28(3)4)57-48(63)67-12/h19-24,27-28,37-38,41-42H,13-18,25-26H2,1-12H3,(H,52,54)(H,53,55)(H,56,62)(H,57,63)/t37-,38-,41-,42-,51?/m0/s1. The molecule has 16 heteroatoms. The number of nitrogens with zero attached hydrogens (tertiary/aromatic N) is 4. The van der Waals surface area contributed by atoms with Gasteiger partial charge in [-0.2, -0.15) is 0 Å². The lowest BCUT2D eigenvalue weighted by atomic mass is 9.72. The average molecular weight is 921 g/mol. The summed E-state index contributed by atoms with van der Waals surface area (Å²) in [5.41, 5.74) is 7.62. The molecule has 2 aromatic heterocycles. The second kappa shape index (κ2) is 17.9. The third-order valence-corrected chi connectivity index (χ3v) is 14.9. The smallest absolute Gasteiger partial charge is 0.407 e. The van der Waals surface area contributed by atoms with Gasteiger partial charge in [-0.15, -0.1) is 0 Å². The Morgan fingerprint density at radius 1 is 0.627 bits per heavy atom. The highest BCUT2D eigenvalue weighted by atomic mass is 16.5. The van der Waals surface area contributed by atoms with E-state index in [0.29, 0.717) is 24.7 Å². The zero-order chi connectivity index (χ0) is 48.3. The number of alkyl carbamates (subject to hydrolysis) is 2. The van der Waals surface area contributed by atoms with Crippen molar-refractivity contribution in [3.8, 4) is 34.0 Å². The Bertz CT molecular complexity index is 2380. The average Bonchev–Trinajstić information content (AvgIpc) is 4.16. The van der Waals surface area contributed by atoms with Crippen LogP contribution in [-0.4, -0.2) is 107 Å². The summed E-state index contributed by atoms with van der Waals surface area (Å²) in [5.74, 6) is 2.27. The fraction of sp³-hybridized carbons (Fsp3) is 0.569. The monoisotopic (exact) mass is 921 g/mol. The van der Waals surface area contributed by atoms with Crippen molar-refractivity contribution in [1.29, 1.82) is 0 Å². The molecule has 4 amide bonds. The second-order valence-corrected chi connectivity index (χ2v) is 20.9. The summed E-state index contributed by atoms with van der Waals surface area (Å²) < 4.78 is 22.1. The highest BCUT2D eigenvalue weighted by Crippen LogP contribution is 2.64. The molecule has 4 heterocycles. The number of hydrogen-bond donors (Lipinski definition) is 4. The first kappa shape index (κ1) is 47.4. The predicted octanol–water partition coefficient (Wildman–Crippen LogP) is 8.22. The third kappa shape index (κ3) is 8.27. The number of imidazole rings is 2.